The van der Waals surface area contributed by atoms with Gasteiger partial charge in [0.15, 0.2) is 5.85 Å². The molecule has 2 rings (SSSR count). The molecule has 0 saturated carbocycles. The summed E-state index contributed by atoms with van der Waals surface area (Å²) in [5.41, 5.74) is 0.600. The van der Waals surface area contributed by atoms with Gasteiger partial charge < -0.3 is 9.63 Å². The Balaban J connectivity index is 2.43. The van der Waals surface area contributed by atoms with Crippen LogP contribution in [0.2, 0.25) is 0 Å². The Hall–Kier alpha value is -1.41. The van der Waals surface area contributed by atoms with E-state index in [2.05, 4.69) is 0 Å². The standard InChI is InChI=1S/C15H17O3P/c1-2-18-19(17,14-11-7-4-8-12-14)15(16)13-9-5-3-6-10-13/h3-12,15-16H,2H2,1H3/t15-,19-/m0/s1. The Kier molecular flexibility index (Phi) is 4.54. The first kappa shape index (κ1) is 14.0. The largest absolute Gasteiger partial charge is 0.378 e. The molecule has 0 spiro atoms. The number of aliphatic hydroxyl groups excluding tert-OH is 1. The molecular formula is C15H17O3P. The average molecular weight is 276 g/mol. The van der Waals surface area contributed by atoms with Gasteiger partial charge in [0.2, 0.25) is 0 Å². The maximum atomic E-state index is 13.0. The van der Waals surface area contributed by atoms with Gasteiger partial charge in [0.1, 0.15) is 0 Å². The summed E-state index contributed by atoms with van der Waals surface area (Å²) in [4.78, 5) is 0. The van der Waals surface area contributed by atoms with E-state index >= 15 is 0 Å². The van der Waals surface area contributed by atoms with Gasteiger partial charge in [-0.05, 0) is 24.6 Å². The minimum Gasteiger partial charge on any atom is -0.378 e. The Labute approximate surface area is 113 Å². The van der Waals surface area contributed by atoms with Crippen molar-refractivity contribution >= 4 is 12.7 Å². The van der Waals surface area contributed by atoms with Gasteiger partial charge in [0.05, 0.1) is 6.61 Å². The van der Waals surface area contributed by atoms with Crippen molar-refractivity contribution in [3.63, 3.8) is 0 Å². The minimum absolute atomic E-state index is 0.288. The fraction of sp³-hybridized carbons (Fsp3) is 0.200. The molecule has 0 unspecified atom stereocenters. The summed E-state index contributed by atoms with van der Waals surface area (Å²) in [7, 11) is -3.33. The van der Waals surface area contributed by atoms with Crippen molar-refractivity contribution in [2.24, 2.45) is 0 Å². The molecule has 0 radical (unpaired) electrons. The third-order valence-electron chi connectivity index (χ3n) is 2.86. The summed E-state index contributed by atoms with van der Waals surface area (Å²) in [6, 6.07) is 17.8. The number of hydrogen-bond acceptors (Lipinski definition) is 3. The van der Waals surface area contributed by atoms with Crippen LogP contribution in [0.4, 0.5) is 0 Å². The highest BCUT2D eigenvalue weighted by atomic mass is 31.2. The molecule has 0 aromatic heterocycles. The van der Waals surface area contributed by atoms with Gasteiger partial charge in [-0.2, -0.15) is 0 Å². The quantitative estimate of drug-likeness (QED) is 0.852. The molecule has 0 saturated heterocycles. The van der Waals surface area contributed by atoms with E-state index in [1.807, 2.05) is 12.1 Å². The lowest BCUT2D eigenvalue weighted by Gasteiger charge is -2.23. The summed E-state index contributed by atoms with van der Waals surface area (Å²) in [5, 5.41) is 11.0. The van der Waals surface area contributed by atoms with Crippen molar-refractivity contribution in [1.82, 2.24) is 0 Å². The molecule has 2 atom stereocenters. The number of hydrogen-bond donors (Lipinski definition) is 1. The maximum Gasteiger partial charge on any atom is 0.264 e. The zero-order valence-corrected chi connectivity index (χ0v) is 11.7. The van der Waals surface area contributed by atoms with Gasteiger partial charge in [-0.3, -0.25) is 4.57 Å². The van der Waals surface area contributed by atoms with Crippen LogP contribution in [0.25, 0.3) is 0 Å². The van der Waals surface area contributed by atoms with Gasteiger partial charge in [0, 0.05) is 5.30 Å². The lowest BCUT2D eigenvalue weighted by molar-refractivity contribution is 0.218. The van der Waals surface area contributed by atoms with Crippen LogP contribution in [0.5, 0.6) is 0 Å². The Morgan fingerprint density at radius 3 is 2.11 bits per heavy atom. The molecule has 0 amide bonds. The maximum absolute atomic E-state index is 13.0. The number of benzene rings is 2. The van der Waals surface area contributed by atoms with E-state index in [-0.39, 0.29) is 6.61 Å². The highest BCUT2D eigenvalue weighted by Crippen LogP contribution is 2.57. The Morgan fingerprint density at radius 2 is 1.58 bits per heavy atom. The van der Waals surface area contributed by atoms with Crippen molar-refractivity contribution in [2.75, 3.05) is 6.61 Å². The topological polar surface area (TPSA) is 46.5 Å². The van der Waals surface area contributed by atoms with E-state index in [9.17, 15) is 9.67 Å². The van der Waals surface area contributed by atoms with Crippen molar-refractivity contribution in [1.29, 1.82) is 0 Å². The zero-order chi connectivity index (χ0) is 13.7. The third kappa shape index (κ3) is 2.95. The SMILES string of the molecule is CCO[P@@](=O)(c1ccccc1)[C@H](O)c1ccccc1. The molecule has 1 N–H and O–H groups in total. The van der Waals surface area contributed by atoms with Crippen molar-refractivity contribution in [3.8, 4) is 0 Å². The summed E-state index contributed by atoms with van der Waals surface area (Å²) < 4.78 is 18.5. The smallest absolute Gasteiger partial charge is 0.264 e. The highest BCUT2D eigenvalue weighted by Gasteiger charge is 2.35. The van der Waals surface area contributed by atoms with E-state index in [1.165, 1.54) is 0 Å². The van der Waals surface area contributed by atoms with E-state index < -0.39 is 13.2 Å². The first-order chi connectivity index (χ1) is 9.18. The van der Waals surface area contributed by atoms with Crippen LogP contribution in [0.15, 0.2) is 60.7 Å². The molecule has 19 heavy (non-hydrogen) atoms. The van der Waals surface area contributed by atoms with Crippen LogP contribution < -0.4 is 5.30 Å². The molecule has 100 valence electrons. The second kappa shape index (κ2) is 6.16. The molecule has 3 nitrogen and oxygen atoms in total. The highest BCUT2D eigenvalue weighted by molar-refractivity contribution is 7.67. The van der Waals surface area contributed by atoms with Crippen LogP contribution in [0.3, 0.4) is 0 Å². The second-order valence-corrected chi connectivity index (χ2v) is 6.59. The molecule has 2 aromatic carbocycles. The molecule has 4 heteroatoms. The van der Waals surface area contributed by atoms with Gasteiger partial charge in [-0.1, -0.05) is 48.5 Å². The normalized spacial score (nSPS) is 15.7. The third-order valence-corrected chi connectivity index (χ3v) is 5.46. The molecule has 0 aliphatic rings. The predicted molar refractivity (Wildman–Crippen MR) is 76.7 cm³/mol. The first-order valence-electron chi connectivity index (χ1n) is 6.21. The summed E-state index contributed by atoms with van der Waals surface area (Å²) >= 11 is 0. The molecule has 0 aliphatic carbocycles. The van der Waals surface area contributed by atoms with Crippen molar-refractivity contribution < 1.29 is 14.2 Å². The molecule has 0 aliphatic heterocycles. The van der Waals surface area contributed by atoms with E-state index in [1.54, 1.807) is 55.5 Å². The molecular weight excluding hydrogens is 259 g/mol. The van der Waals surface area contributed by atoms with Gasteiger partial charge in [-0.25, -0.2) is 0 Å². The average Bonchev–Trinajstić information content (AvgIpc) is 2.48. The van der Waals surface area contributed by atoms with E-state index in [0.29, 0.717) is 10.9 Å². The summed E-state index contributed by atoms with van der Waals surface area (Å²) in [5.74, 6) is -1.14. The number of aliphatic hydroxyl groups is 1. The van der Waals surface area contributed by atoms with Gasteiger partial charge in [0.25, 0.3) is 7.37 Å². The Bertz CT molecular complexity index is 554. The van der Waals surface area contributed by atoms with Crippen LogP contribution in [-0.4, -0.2) is 11.7 Å². The lowest BCUT2D eigenvalue weighted by Crippen LogP contribution is -2.14. The molecule has 2 aromatic rings. The van der Waals surface area contributed by atoms with Crippen LogP contribution in [0, 0.1) is 0 Å². The fourth-order valence-corrected chi connectivity index (χ4v) is 4.04. The van der Waals surface area contributed by atoms with E-state index in [0.717, 1.165) is 0 Å². The Morgan fingerprint density at radius 1 is 1.05 bits per heavy atom. The zero-order valence-electron chi connectivity index (χ0n) is 10.8. The van der Waals surface area contributed by atoms with Crippen LogP contribution in [0.1, 0.15) is 18.3 Å². The molecule has 0 heterocycles. The second-order valence-electron chi connectivity index (χ2n) is 4.13. The van der Waals surface area contributed by atoms with Crippen LogP contribution in [-0.2, 0) is 9.09 Å². The fourth-order valence-electron chi connectivity index (χ4n) is 1.94. The molecule has 0 bridgehead atoms. The predicted octanol–water partition coefficient (Wildman–Crippen LogP) is 3.32. The molecule has 0 fully saturated rings. The number of rotatable bonds is 5. The summed E-state index contributed by atoms with van der Waals surface area (Å²) in [6.45, 7) is 2.06. The van der Waals surface area contributed by atoms with Crippen LogP contribution >= 0.6 is 7.37 Å². The lowest BCUT2D eigenvalue weighted by atomic mass is 10.2. The minimum atomic E-state index is -3.33. The van der Waals surface area contributed by atoms with Crippen molar-refractivity contribution in [3.05, 3.63) is 66.2 Å². The van der Waals surface area contributed by atoms with E-state index in [4.69, 9.17) is 4.52 Å². The van der Waals surface area contributed by atoms with Crippen molar-refractivity contribution in [2.45, 2.75) is 12.8 Å². The van der Waals surface area contributed by atoms with Gasteiger partial charge >= 0.3 is 0 Å². The first-order valence-corrected chi connectivity index (χ1v) is 7.90. The summed E-state index contributed by atoms with van der Waals surface area (Å²) in [6.07, 6.45) is 0. The van der Waals surface area contributed by atoms with Gasteiger partial charge in [-0.15, -0.1) is 0 Å². The monoisotopic (exact) mass is 276 g/mol.